The number of piperazine rings is 1. The Morgan fingerprint density at radius 2 is 1.69 bits per heavy atom. The van der Waals surface area contributed by atoms with Crippen LogP contribution in [-0.4, -0.2) is 59.1 Å². The van der Waals surface area contributed by atoms with Crippen molar-refractivity contribution < 1.29 is 10.2 Å². The third-order valence-electron chi connectivity index (χ3n) is 6.02. The number of nitrogens with zero attached hydrogens (tertiary/aromatic N) is 2. The first-order valence-electron chi connectivity index (χ1n) is 11.1. The summed E-state index contributed by atoms with van der Waals surface area (Å²) in [4.78, 5) is 2.43. The van der Waals surface area contributed by atoms with Gasteiger partial charge in [0.15, 0.2) is 0 Å². The molecule has 0 spiro atoms. The molecule has 1 aliphatic rings. The third kappa shape index (κ3) is 5.30. The van der Waals surface area contributed by atoms with Crippen LogP contribution in [-0.2, 0) is 6.54 Å². The average molecular weight is 438 g/mol. The number of allylic oxidation sites excluding steroid dienone is 2. The van der Waals surface area contributed by atoms with E-state index < -0.39 is 0 Å². The van der Waals surface area contributed by atoms with Crippen LogP contribution < -0.4 is 11.2 Å². The summed E-state index contributed by atoms with van der Waals surface area (Å²) in [6, 6.07) is 11.1. The normalized spacial score (nSPS) is 16.3. The van der Waals surface area contributed by atoms with E-state index >= 15 is 0 Å². The largest absolute Gasteiger partial charge is 0.508 e. The molecule has 0 unspecified atom stereocenters. The van der Waals surface area contributed by atoms with E-state index in [4.69, 9.17) is 11.1 Å². The van der Waals surface area contributed by atoms with E-state index in [2.05, 4.69) is 27.5 Å². The summed E-state index contributed by atoms with van der Waals surface area (Å²) in [5.74, 6) is -0.0419. The zero-order valence-electron chi connectivity index (χ0n) is 19.4. The molecular formula is C25H35N5O2. The smallest absolute Gasteiger partial charge is 0.128 e. The number of hydrogen-bond donors (Lipinski definition) is 5. The SMILES string of the molecule is CNN1CCN(Cc2ccc(/C(C(=N)c3cc(C(C)C)c(O)cc3O)=C(\C)N)cc2)CC1. The van der Waals surface area contributed by atoms with Crippen molar-refractivity contribution in [3.63, 3.8) is 0 Å². The second-order valence-corrected chi connectivity index (χ2v) is 8.70. The molecule has 32 heavy (non-hydrogen) atoms. The lowest BCUT2D eigenvalue weighted by Crippen LogP contribution is -2.50. The Bertz CT molecular complexity index is 986. The number of phenolic OH excluding ortho intramolecular Hbond substituents is 2. The highest BCUT2D eigenvalue weighted by molar-refractivity contribution is 6.31. The van der Waals surface area contributed by atoms with Crippen LogP contribution in [0.1, 0.15) is 48.9 Å². The molecule has 7 heteroatoms. The highest BCUT2D eigenvalue weighted by Crippen LogP contribution is 2.35. The molecule has 1 heterocycles. The van der Waals surface area contributed by atoms with Gasteiger partial charge in [0, 0.05) is 55.6 Å². The number of aromatic hydroxyl groups is 2. The summed E-state index contributed by atoms with van der Waals surface area (Å²) in [5, 5.41) is 31.6. The molecule has 0 atom stereocenters. The van der Waals surface area contributed by atoms with Gasteiger partial charge in [0.1, 0.15) is 11.5 Å². The van der Waals surface area contributed by atoms with Crippen molar-refractivity contribution in [1.82, 2.24) is 15.3 Å². The van der Waals surface area contributed by atoms with E-state index in [-0.39, 0.29) is 23.1 Å². The summed E-state index contributed by atoms with van der Waals surface area (Å²) >= 11 is 0. The second-order valence-electron chi connectivity index (χ2n) is 8.70. The van der Waals surface area contributed by atoms with Gasteiger partial charge in [-0.25, -0.2) is 5.01 Å². The van der Waals surface area contributed by atoms with Crippen molar-refractivity contribution in [1.29, 1.82) is 5.41 Å². The molecule has 0 bridgehead atoms. The Hall–Kier alpha value is -2.87. The lowest BCUT2D eigenvalue weighted by molar-refractivity contribution is 0.0947. The van der Waals surface area contributed by atoms with Gasteiger partial charge in [0.05, 0.1) is 5.71 Å². The lowest BCUT2D eigenvalue weighted by Gasteiger charge is -2.34. The zero-order valence-corrected chi connectivity index (χ0v) is 19.4. The Morgan fingerprint density at radius 3 is 2.22 bits per heavy atom. The molecule has 1 aliphatic heterocycles. The molecule has 0 amide bonds. The van der Waals surface area contributed by atoms with Crippen LogP contribution in [0.5, 0.6) is 11.5 Å². The maximum absolute atomic E-state index is 10.4. The molecule has 2 aromatic rings. The van der Waals surface area contributed by atoms with Crippen molar-refractivity contribution in [2.24, 2.45) is 5.73 Å². The molecule has 2 aromatic carbocycles. The topological polar surface area (TPSA) is 109 Å². The fourth-order valence-corrected chi connectivity index (χ4v) is 4.13. The van der Waals surface area contributed by atoms with Gasteiger partial charge < -0.3 is 15.9 Å². The van der Waals surface area contributed by atoms with Crippen molar-refractivity contribution in [3.05, 3.63) is 64.3 Å². The van der Waals surface area contributed by atoms with Crippen LogP contribution in [0, 0.1) is 5.41 Å². The Kier molecular flexibility index (Phi) is 7.56. The van der Waals surface area contributed by atoms with Gasteiger partial charge in [-0.3, -0.25) is 15.7 Å². The highest BCUT2D eigenvalue weighted by atomic mass is 16.3. The van der Waals surface area contributed by atoms with Crippen LogP contribution in [0.2, 0.25) is 0 Å². The van der Waals surface area contributed by atoms with Gasteiger partial charge in [-0.1, -0.05) is 38.1 Å². The Morgan fingerprint density at radius 1 is 1.06 bits per heavy atom. The zero-order chi connectivity index (χ0) is 23.4. The van der Waals surface area contributed by atoms with E-state index in [1.54, 1.807) is 13.0 Å². The van der Waals surface area contributed by atoms with Crippen molar-refractivity contribution in [3.8, 4) is 11.5 Å². The molecule has 0 saturated carbocycles. The summed E-state index contributed by atoms with van der Waals surface area (Å²) in [6.45, 7) is 10.6. The molecule has 172 valence electrons. The summed E-state index contributed by atoms with van der Waals surface area (Å²) in [5.41, 5.74) is 13.7. The van der Waals surface area contributed by atoms with Gasteiger partial charge >= 0.3 is 0 Å². The number of hydrogen-bond acceptors (Lipinski definition) is 7. The molecule has 0 aliphatic carbocycles. The maximum Gasteiger partial charge on any atom is 0.128 e. The fourth-order valence-electron chi connectivity index (χ4n) is 4.13. The van der Waals surface area contributed by atoms with Gasteiger partial charge in [-0.15, -0.1) is 0 Å². The standard InChI is InChI=1S/C25H35N5O2/c1-16(2)20-13-21(23(32)14-22(20)31)25(27)24(17(3)26)19-7-5-18(6-8-19)15-29-9-11-30(28-4)12-10-29/h5-8,13-14,16,27-28,31-32H,9-12,15,26H2,1-4H3/b24-17-,27-25?. The van der Waals surface area contributed by atoms with E-state index in [1.807, 2.05) is 33.0 Å². The number of phenols is 2. The van der Waals surface area contributed by atoms with E-state index in [0.29, 0.717) is 22.4 Å². The van der Waals surface area contributed by atoms with Gasteiger partial charge in [-0.2, -0.15) is 0 Å². The molecular weight excluding hydrogens is 402 g/mol. The van der Waals surface area contributed by atoms with Crippen LogP contribution in [0.4, 0.5) is 0 Å². The minimum Gasteiger partial charge on any atom is -0.508 e. The van der Waals surface area contributed by atoms with Crippen LogP contribution in [0.25, 0.3) is 5.57 Å². The molecule has 1 fully saturated rings. The average Bonchev–Trinajstić information content (AvgIpc) is 2.75. The van der Waals surface area contributed by atoms with E-state index in [9.17, 15) is 10.2 Å². The van der Waals surface area contributed by atoms with Gasteiger partial charge in [-0.05, 0) is 42.6 Å². The Balaban J connectivity index is 1.82. The Labute approximate surface area is 190 Å². The second kappa shape index (κ2) is 10.2. The van der Waals surface area contributed by atoms with Crippen molar-refractivity contribution in [2.75, 3.05) is 33.2 Å². The first-order valence-corrected chi connectivity index (χ1v) is 11.1. The van der Waals surface area contributed by atoms with E-state index in [0.717, 1.165) is 38.3 Å². The quantitative estimate of drug-likeness (QED) is 0.426. The number of nitrogens with one attached hydrogen (secondary N) is 2. The van der Waals surface area contributed by atoms with Crippen molar-refractivity contribution in [2.45, 2.75) is 33.2 Å². The number of hydrazine groups is 1. The first-order chi connectivity index (χ1) is 15.2. The number of nitrogens with two attached hydrogens (primary N) is 1. The third-order valence-corrected chi connectivity index (χ3v) is 6.02. The lowest BCUT2D eigenvalue weighted by atomic mass is 9.90. The van der Waals surface area contributed by atoms with Crippen LogP contribution in [0.3, 0.4) is 0 Å². The maximum atomic E-state index is 10.4. The highest BCUT2D eigenvalue weighted by Gasteiger charge is 2.20. The van der Waals surface area contributed by atoms with E-state index in [1.165, 1.54) is 11.6 Å². The summed E-state index contributed by atoms with van der Waals surface area (Å²) < 4.78 is 0. The predicted octanol–water partition coefficient (Wildman–Crippen LogP) is 3.23. The molecule has 0 aromatic heterocycles. The predicted molar refractivity (Wildman–Crippen MR) is 130 cm³/mol. The number of benzene rings is 2. The first kappa shape index (κ1) is 23.8. The molecule has 7 nitrogen and oxygen atoms in total. The minimum absolute atomic E-state index is 0.0314. The molecule has 0 radical (unpaired) electrons. The number of rotatable bonds is 7. The van der Waals surface area contributed by atoms with Crippen LogP contribution >= 0.6 is 0 Å². The summed E-state index contributed by atoms with van der Waals surface area (Å²) in [7, 11) is 1.96. The van der Waals surface area contributed by atoms with Crippen molar-refractivity contribution >= 4 is 11.3 Å². The monoisotopic (exact) mass is 437 g/mol. The van der Waals surface area contributed by atoms with Crippen LogP contribution in [0.15, 0.2) is 42.1 Å². The fraction of sp³-hybridized carbons (Fsp3) is 0.400. The minimum atomic E-state index is -0.131. The summed E-state index contributed by atoms with van der Waals surface area (Å²) in [6.07, 6.45) is 0. The van der Waals surface area contributed by atoms with Gasteiger partial charge in [0.25, 0.3) is 0 Å². The molecule has 6 N–H and O–H groups in total. The van der Waals surface area contributed by atoms with Gasteiger partial charge in [0.2, 0.25) is 0 Å². The molecule has 3 rings (SSSR count). The molecule has 1 saturated heterocycles.